The van der Waals surface area contributed by atoms with Crippen molar-refractivity contribution in [3.8, 4) is 0 Å². The van der Waals surface area contributed by atoms with Gasteiger partial charge in [0.05, 0.1) is 29.1 Å². The van der Waals surface area contributed by atoms with Crippen LogP contribution in [-0.4, -0.2) is 34.2 Å². The predicted octanol–water partition coefficient (Wildman–Crippen LogP) is 4.42. The number of aliphatic hydroxyl groups is 1. The van der Waals surface area contributed by atoms with Crippen molar-refractivity contribution in [1.82, 2.24) is 9.78 Å². The molecule has 4 atom stereocenters. The molecule has 2 fully saturated rings. The lowest BCUT2D eigenvalue weighted by atomic mass is 9.52. The second-order valence-electron chi connectivity index (χ2n) is 8.36. The maximum absolute atomic E-state index is 9.10. The standard InChI is InChI=1S/C18H29IN2O2.CH4/c1-13-6-17(3)8-15(23-5-4-22)9-18(7-13,11-17)12-21-14(2)16(19)10-20-21;/h10,13,15,22H,4-9,11-12H2,1-3H3;1H4. The van der Waals surface area contributed by atoms with Crippen LogP contribution in [0.2, 0.25) is 0 Å². The Bertz CT molecular complexity index is 562. The zero-order chi connectivity index (χ0) is 16.7. The SMILES string of the molecule is C.Cc1c(I)cnn1CC12CC(C)CC(C)(CC(OCCO)C1)C2. The van der Waals surface area contributed by atoms with Crippen molar-refractivity contribution in [2.45, 2.75) is 73.0 Å². The van der Waals surface area contributed by atoms with Crippen molar-refractivity contribution in [2.75, 3.05) is 13.2 Å². The van der Waals surface area contributed by atoms with Crippen molar-refractivity contribution in [3.05, 3.63) is 15.5 Å². The first-order chi connectivity index (χ1) is 10.8. The molecule has 4 nitrogen and oxygen atoms in total. The van der Waals surface area contributed by atoms with Crippen molar-refractivity contribution < 1.29 is 9.84 Å². The van der Waals surface area contributed by atoms with E-state index in [2.05, 4.69) is 53.1 Å². The number of aromatic nitrogens is 2. The van der Waals surface area contributed by atoms with Gasteiger partial charge in [-0.1, -0.05) is 21.3 Å². The Morgan fingerprint density at radius 3 is 2.75 bits per heavy atom. The van der Waals surface area contributed by atoms with Gasteiger partial charge in [-0.25, -0.2) is 0 Å². The zero-order valence-corrected chi connectivity index (χ0v) is 16.7. The number of rotatable bonds is 5. The average Bonchev–Trinajstić information content (AvgIpc) is 2.74. The second kappa shape index (κ2) is 7.62. The number of nitrogens with zero attached hydrogens (tertiary/aromatic N) is 2. The highest BCUT2D eigenvalue weighted by molar-refractivity contribution is 14.1. The summed E-state index contributed by atoms with van der Waals surface area (Å²) in [4.78, 5) is 0. The Kier molecular flexibility index (Phi) is 6.41. The third kappa shape index (κ3) is 4.15. The molecule has 0 radical (unpaired) electrons. The van der Waals surface area contributed by atoms with Gasteiger partial charge >= 0.3 is 0 Å². The summed E-state index contributed by atoms with van der Waals surface area (Å²) in [7, 11) is 0. The van der Waals surface area contributed by atoms with Crippen LogP contribution < -0.4 is 0 Å². The van der Waals surface area contributed by atoms with E-state index in [0.29, 0.717) is 12.0 Å². The number of hydrogen-bond acceptors (Lipinski definition) is 3. The molecule has 0 amide bonds. The monoisotopic (exact) mass is 448 g/mol. The highest BCUT2D eigenvalue weighted by Gasteiger charge is 2.51. The van der Waals surface area contributed by atoms with Crippen LogP contribution in [0.3, 0.4) is 0 Å². The molecule has 1 aromatic heterocycles. The maximum atomic E-state index is 9.10. The largest absolute Gasteiger partial charge is 0.394 e. The minimum Gasteiger partial charge on any atom is -0.394 e. The first-order valence-electron chi connectivity index (χ1n) is 8.75. The van der Waals surface area contributed by atoms with Gasteiger partial charge in [-0.15, -0.1) is 0 Å². The van der Waals surface area contributed by atoms with E-state index in [1.165, 1.54) is 28.5 Å². The molecule has 2 aliphatic rings. The number of fused-ring (bicyclic) bond motifs is 2. The van der Waals surface area contributed by atoms with Crippen LogP contribution in [0.1, 0.15) is 59.1 Å². The van der Waals surface area contributed by atoms with E-state index in [1.54, 1.807) is 0 Å². The van der Waals surface area contributed by atoms with Gasteiger partial charge in [0.25, 0.3) is 0 Å². The third-order valence-electron chi connectivity index (χ3n) is 5.78. The van der Waals surface area contributed by atoms with Gasteiger partial charge in [-0.05, 0) is 78.4 Å². The molecule has 0 saturated heterocycles. The number of hydrogen-bond donors (Lipinski definition) is 1. The Hall–Kier alpha value is -0.140. The van der Waals surface area contributed by atoms with Gasteiger partial charge in [-0.3, -0.25) is 4.68 Å². The van der Waals surface area contributed by atoms with Crippen LogP contribution in [0.5, 0.6) is 0 Å². The highest BCUT2D eigenvalue weighted by Crippen LogP contribution is 2.58. The van der Waals surface area contributed by atoms with Crippen molar-refractivity contribution >= 4 is 22.6 Å². The predicted molar refractivity (Wildman–Crippen MR) is 106 cm³/mol. The summed E-state index contributed by atoms with van der Waals surface area (Å²) >= 11 is 2.37. The quantitative estimate of drug-likeness (QED) is 0.679. The number of aliphatic hydroxyl groups excluding tert-OH is 1. The van der Waals surface area contributed by atoms with E-state index in [-0.39, 0.29) is 25.6 Å². The smallest absolute Gasteiger partial charge is 0.0701 e. The van der Waals surface area contributed by atoms with Gasteiger partial charge in [0, 0.05) is 12.2 Å². The molecular formula is C19H33IN2O2. The molecular weight excluding hydrogens is 415 g/mol. The van der Waals surface area contributed by atoms with E-state index in [4.69, 9.17) is 9.84 Å². The molecule has 2 bridgehead atoms. The second-order valence-corrected chi connectivity index (χ2v) is 9.52. The molecule has 138 valence electrons. The molecule has 4 unspecified atom stereocenters. The summed E-state index contributed by atoms with van der Waals surface area (Å²) in [5.74, 6) is 0.766. The summed E-state index contributed by atoms with van der Waals surface area (Å²) in [6, 6.07) is 0. The molecule has 1 N–H and O–H groups in total. The summed E-state index contributed by atoms with van der Waals surface area (Å²) in [5, 5.41) is 13.7. The summed E-state index contributed by atoms with van der Waals surface area (Å²) in [6.45, 7) is 8.59. The Labute approximate surface area is 160 Å². The third-order valence-corrected chi connectivity index (χ3v) is 6.84. The maximum Gasteiger partial charge on any atom is 0.0701 e. The highest BCUT2D eigenvalue weighted by atomic mass is 127. The van der Waals surface area contributed by atoms with E-state index in [0.717, 1.165) is 25.3 Å². The van der Waals surface area contributed by atoms with Gasteiger partial charge in [0.1, 0.15) is 0 Å². The fourth-order valence-electron chi connectivity index (χ4n) is 5.54. The van der Waals surface area contributed by atoms with Crippen molar-refractivity contribution in [1.29, 1.82) is 0 Å². The van der Waals surface area contributed by atoms with E-state index in [1.807, 2.05) is 6.20 Å². The molecule has 0 spiro atoms. The molecule has 1 aromatic rings. The van der Waals surface area contributed by atoms with Crippen molar-refractivity contribution in [2.24, 2.45) is 16.7 Å². The van der Waals surface area contributed by atoms with Gasteiger partial charge in [0.15, 0.2) is 0 Å². The Morgan fingerprint density at radius 2 is 2.12 bits per heavy atom. The van der Waals surface area contributed by atoms with E-state index in [9.17, 15) is 0 Å². The Morgan fingerprint density at radius 1 is 1.38 bits per heavy atom. The fraction of sp³-hybridized carbons (Fsp3) is 0.842. The van der Waals surface area contributed by atoms with E-state index < -0.39 is 0 Å². The van der Waals surface area contributed by atoms with Gasteiger partial charge in [0.2, 0.25) is 0 Å². The van der Waals surface area contributed by atoms with Crippen molar-refractivity contribution in [3.63, 3.8) is 0 Å². The van der Waals surface area contributed by atoms with Crippen LogP contribution in [0, 0.1) is 27.2 Å². The first-order valence-corrected chi connectivity index (χ1v) is 9.83. The van der Waals surface area contributed by atoms with Crippen LogP contribution >= 0.6 is 22.6 Å². The number of ether oxygens (including phenoxy) is 1. The lowest BCUT2D eigenvalue weighted by molar-refractivity contribution is -0.113. The fourth-order valence-corrected chi connectivity index (χ4v) is 5.94. The molecule has 0 aliphatic heterocycles. The summed E-state index contributed by atoms with van der Waals surface area (Å²) in [6.07, 6.45) is 8.32. The topological polar surface area (TPSA) is 47.3 Å². The molecule has 1 heterocycles. The molecule has 5 heteroatoms. The lowest BCUT2D eigenvalue weighted by Gasteiger charge is -2.55. The van der Waals surface area contributed by atoms with Crippen LogP contribution in [0.25, 0.3) is 0 Å². The van der Waals surface area contributed by atoms with Crippen LogP contribution in [0.4, 0.5) is 0 Å². The van der Waals surface area contributed by atoms with Crippen LogP contribution in [-0.2, 0) is 11.3 Å². The van der Waals surface area contributed by atoms with Gasteiger partial charge < -0.3 is 9.84 Å². The number of halogens is 1. The average molecular weight is 448 g/mol. The normalized spacial score (nSPS) is 35.5. The minimum absolute atomic E-state index is 0. The lowest BCUT2D eigenvalue weighted by Crippen LogP contribution is -2.49. The zero-order valence-electron chi connectivity index (χ0n) is 14.5. The Balaban J connectivity index is 0.00000208. The molecule has 2 aliphatic carbocycles. The van der Waals surface area contributed by atoms with Crippen LogP contribution in [0.15, 0.2) is 6.20 Å². The van der Waals surface area contributed by atoms with Gasteiger partial charge in [-0.2, -0.15) is 5.10 Å². The minimum atomic E-state index is 0. The summed E-state index contributed by atoms with van der Waals surface area (Å²) in [5.41, 5.74) is 1.92. The molecule has 3 rings (SSSR count). The first kappa shape index (κ1) is 20.2. The summed E-state index contributed by atoms with van der Waals surface area (Å²) < 4.78 is 9.43. The molecule has 0 aromatic carbocycles. The molecule has 2 saturated carbocycles. The van der Waals surface area contributed by atoms with E-state index >= 15 is 0 Å². The molecule has 24 heavy (non-hydrogen) atoms.